The molecule has 31 heavy (non-hydrogen) atoms. The Morgan fingerprint density at radius 3 is 1.81 bits per heavy atom. The van der Waals surface area contributed by atoms with Gasteiger partial charge in [0.05, 0.1) is 12.7 Å². The first-order chi connectivity index (χ1) is 13.9. The fourth-order valence-electron chi connectivity index (χ4n) is 2.57. The number of amides is 1. The maximum atomic E-state index is 12.2. The molecule has 0 fully saturated rings. The van der Waals surface area contributed by atoms with E-state index in [0.29, 0.717) is 19.7 Å². The van der Waals surface area contributed by atoms with E-state index in [9.17, 15) is 4.79 Å². The summed E-state index contributed by atoms with van der Waals surface area (Å²) in [6.07, 6.45) is 1.87. The minimum Gasteiger partial charge on any atom is -0.414 e. The van der Waals surface area contributed by atoms with Crippen LogP contribution in [0.15, 0.2) is 0 Å². The first kappa shape index (κ1) is 30.4. The summed E-state index contributed by atoms with van der Waals surface area (Å²) in [5.74, 6) is 6.07. The van der Waals surface area contributed by atoms with Gasteiger partial charge in [0.2, 0.25) is 0 Å². The predicted octanol–water partition coefficient (Wildman–Crippen LogP) is 6.69. The summed E-state index contributed by atoms with van der Waals surface area (Å²) < 4.78 is 13.3. The van der Waals surface area contributed by atoms with Crippen LogP contribution in [0.2, 0.25) is 36.3 Å². The van der Waals surface area contributed by atoms with Gasteiger partial charge in [0.25, 0.3) is 5.91 Å². The lowest BCUT2D eigenvalue weighted by Crippen LogP contribution is -2.47. The maximum absolute atomic E-state index is 12.2. The molecule has 0 saturated carbocycles. The van der Waals surface area contributed by atoms with Crippen LogP contribution in [-0.4, -0.2) is 53.2 Å². The summed E-state index contributed by atoms with van der Waals surface area (Å²) in [7, 11) is -3.74. The fourth-order valence-corrected chi connectivity index (χ4v) is 4.98. The highest BCUT2D eigenvalue weighted by molar-refractivity contribution is 6.74. The van der Waals surface area contributed by atoms with Crippen LogP contribution in [0.3, 0.4) is 0 Å². The molecule has 0 aliphatic rings. The third kappa shape index (κ3) is 10.2. The summed E-state index contributed by atoms with van der Waals surface area (Å²) >= 11 is 0. The molecule has 0 bridgehead atoms. The quantitative estimate of drug-likeness (QED) is 0.264. The van der Waals surface area contributed by atoms with E-state index in [4.69, 9.17) is 8.85 Å². The Labute approximate surface area is 196 Å². The fraction of sp³-hybridized carbons (Fsp3) is 0.880. The first-order valence-corrected chi connectivity index (χ1v) is 17.8. The van der Waals surface area contributed by atoms with Gasteiger partial charge in [-0.15, -0.1) is 0 Å². The molecule has 0 N–H and O–H groups in total. The van der Waals surface area contributed by atoms with Crippen LogP contribution in [0.5, 0.6) is 0 Å². The van der Waals surface area contributed by atoms with Crippen molar-refractivity contribution in [3.8, 4) is 11.8 Å². The van der Waals surface area contributed by atoms with Crippen LogP contribution in [0.1, 0.15) is 75.2 Å². The summed E-state index contributed by atoms with van der Waals surface area (Å²) in [5, 5.41) is 0.335. The molecule has 182 valence electrons. The van der Waals surface area contributed by atoms with Crippen molar-refractivity contribution < 1.29 is 13.6 Å². The maximum Gasteiger partial charge on any atom is 0.298 e. The van der Waals surface area contributed by atoms with E-state index in [1.807, 2.05) is 13.8 Å². The molecule has 2 unspecified atom stereocenters. The molecule has 0 aromatic carbocycles. The molecule has 2 atom stereocenters. The molecule has 0 saturated heterocycles. The topological polar surface area (TPSA) is 38.8 Å². The number of carbonyl (C=O) groups is 1. The molecule has 0 heterocycles. The van der Waals surface area contributed by atoms with Gasteiger partial charge in [-0.3, -0.25) is 4.79 Å². The van der Waals surface area contributed by atoms with E-state index >= 15 is 0 Å². The van der Waals surface area contributed by atoms with E-state index in [1.165, 1.54) is 0 Å². The Morgan fingerprint density at radius 2 is 1.39 bits per heavy atom. The molecule has 0 aliphatic carbocycles. The second kappa shape index (κ2) is 12.0. The molecule has 0 aliphatic heterocycles. The average molecular weight is 470 g/mol. The van der Waals surface area contributed by atoms with Crippen molar-refractivity contribution in [1.82, 2.24) is 4.90 Å². The van der Waals surface area contributed by atoms with Crippen molar-refractivity contribution in [1.29, 1.82) is 0 Å². The van der Waals surface area contributed by atoms with Crippen molar-refractivity contribution in [3.63, 3.8) is 0 Å². The van der Waals surface area contributed by atoms with Crippen molar-refractivity contribution in [2.45, 2.75) is 118 Å². The molecular weight excluding hydrogens is 418 g/mol. The number of hydrogen-bond acceptors (Lipinski definition) is 3. The van der Waals surface area contributed by atoms with Crippen LogP contribution in [0, 0.1) is 17.8 Å². The molecule has 1 amide bonds. The number of rotatable bonds is 10. The van der Waals surface area contributed by atoms with Crippen molar-refractivity contribution in [3.05, 3.63) is 0 Å². The Bertz CT molecular complexity index is 617. The van der Waals surface area contributed by atoms with Gasteiger partial charge in [-0.25, -0.2) is 0 Å². The van der Waals surface area contributed by atoms with E-state index in [1.54, 1.807) is 4.90 Å². The number of carbonyl (C=O) groups excluding carboxylic acids is 1. The third-order valence-electron chi connectivity index (χ3n) is 7.10. The highest BCUT2D eigenvalue weighted by atomic mass is 28.4. The predicted molar refractivity (Wildman–Crippen MR) is 139 cm³/mol. The molecule has 0 aromatic heterocycles. The van der Waals surface area contributed by atoms with Gasteiger partial charge in [-0.2, -0.15) is 0 Å². The van der Waals surface area contributed by atoms with Gasteiger partial charge < -0.3 is 13.8 Å². The second-order valence-corrected chi connectivity index (χ2v) is 21.4. The zero-order valence-corrected chi connectivity index (χ0v) is 24.9. The molecule has 4 nitrogen and oxygen atoms in total. The Morgan fingerprint density at radius 1 is 0.903 bits per heavy atom. The lowest BCUT2D eigenvalue weighted by Gasteiger charge is -2.41. The van der Waals surface area contributed by atoms with Gasteiger partial charge in [-0.1, -0.05) is 54.4 Å². The van der Waals surface area contributed by atoms with Crippen LogP contribution < -0.4 is 0 Å². The molecular formula is C25H51NO3Si2. The van der Waals surface area contributed by atoms with E-state index in [2.05, 4.69) is 86.5 Å². The number of nitrogens with zero attached hydrogens (tertiary/aromatic N) is 1. The van der Waals surface area contributed by atoms with Crippen molar-refractivity contribution in [2.75, 3.05) is 19.7 Å². The standard InChI is InChI=1S/C25H51NO3Si2/c1-14-26(15-2)23(27)19-17-21(3)16-18-22(29-31(12,13)25(7,8)9)20-28-30(10,11)24(4,5)6/h21-22H,14-16,18,20H2,1-13H3. The third-order valence-corrected chi connectivity index (χ3v) is 16.1. The lowest BCUT2D eigenvalue weighted by atomic mass is 10.0. The summed E-state index contributed by atoms with van der Waals surface area (Å²) in [6.45, 7) is 30.9. The molecule has 0 aromatic rings. The summed E-state index contributed by atoms with van der Waals surface area (Å²) in [6, 6.07) is 0. The van der Waals surface area contributed by atoms with E-state index in [0.717, 1.165) is 12.8 Å². The van der Waals surface area contributed by atoms with Crippen LogP contribution in [-0.2, 0) is 13.6 Å². The highest BCUT2D eigenvalue weighted by Crippen LogP contribution is 2.39. The zero-order chi connectivity index (χ0) is 24.7. The lowest BCUT2D eigenvalue weighted by molar-refractivity contribution is -0.124. The van der Waals surface area contributed by atoms with Crippen molar-refractivity contribution >= 4 is 22.5 Å². The van der Waals surface area contributed by atoms with Gasteiger partial charge in [0.15, 0.2) is 16.6 Å². The second-order valence-electron chi connectivity index (χ2n) is 11.8. The molecule has 0 spiro atoms. The van der Waals surface area contributed by atoms with E-state index in [-0.39, 0.29) is 28.0 Å². The largest absolute Gasteiger partial charge is 0.414 e. The first-order valence-electron chi connectivity index (χ1n) is 12.0. The average Bonchev–Trinajstić information content (AvgIpc) is 2.61. The van der Waals surface area contributed by atoms with E-state index < -0.39 is 16.6 Å². The van der Waals surface area contributed by atoms with Crippen LogP contribution >= 0.6 is 0 Å². The summed E-state index contributed by atoms with van der Waals surface area (Å²) in [5.41, 5.74) is 0. The van der Waals surface area contributed by atoms with Gasteiger partial charge >= 0.3 is 0 Å². The Hall–Kier alpha value is -0.616. The number of hydrogen-bond donors (Lipinski definition) is 0. The molecule has 0 rings (SSSR count). The monoisotopic (exact) mass is 469 g/mol. The summed E-state index contributed by atoms with van der Waals surface area (Å²) in [4.78, 5) is 13.9. The van der Waals surface area contributed by atoms with Gasteiger partial charge in [-0.05, 0) is 68.9 Å². The molecule has 6 heteroatoms. The van der Waals surface area contributed by atoms with Crippen LogP contribution in [0.25, 0.3) is 0 Å². The highest BCUT2D eigenvalue weighted by Gasteiger charge is 2.41. The Kier molecular flexibility index (Phi) is 11.8. The Balaban J connectivity index is 5.26. The van der Waals surface area contributed by atoms with Crippen LogP contribution in [0.4, 0.5) is 0 Å². The molecule has 0 radical (unpaired) electrons. The minimum absolute atomic E-state index is 0.0674. The zero-order valence-electron chi connectivity index (χ0n) is 22.9. The van der Waals surface area contributed by atoms with Gasteiger partial charge in [0.1, 0.15) is 0 Å². The van der Waals surface area contributed by atoms with Crippen molar-refractivity contribution in [2.24, 2.45) is 5.92 Å². The normalized spacial score (nSPS) is 15.1. The SMILES string of the molecule is CCN(CC)C(=O)C#CC(C)CCC(CO[Si](C)(C)C(C)(C)C)O[Si](C)(C)C(C)(C)C. The van der Waals surface area contributed by atoms with Gasteiger partial charge in [0, 0.05) is 19.0 Å². The minimum atomic E-state index is -1.90. The smallest absolute Gasteiger partial charge is 0.298 e.